The third-order valence-corrected chi connectivity index (χ3v) is 4.11. The summed E-state index contributed by atoms with van der Waals surface area (Å²) in [5.41, 5.74) is 0.724. The number of ketones is 1. The quantitative estimate of drug-likeness (QED) is 0.414. The van der Waals surface area contributed by atoms with E-state index < -0.39 is 35.6 Å². The number of Topliss-reactive ketones (excluding diaryl/α,β-unsaturated/α-hetero) is 1. The number of likely N-dealkylation sites (tertiary alicyclic amines) is 1. The number of benzene rings is 1. The molecule has 0 bridgehead atoms. The van der Waals surface area contributed by atoms with Crippen molar-refractivity contribution >= 4 is 23.6 Å². The molecule has 0 aromatic heterocycles. The first-order chi connectivity index (χ1) is 11.9. The van der Waals surface area contributed by atoms with Gasteiger partial charge in [0.2, 0.25) is 5.78 Å². The second-order valence-corrected chi connectivity index (χ2v) is 5.49. The van der Waals surface area contributed by atoms with Crippen LogP contribution in [-0.4, -0.2) is 55.9 Å². The van der Waals surface area contributed by atoms with Gasteiger partial charge in [0, 0.05) is 6.54 Å². The average molecular weight is 349 g/mol. The second kappa shape index (κ2) is 7.78. The largest absolute Gasteiger partial charge is 0.497 e. The van der Waals surface area contributed by atoms with Crippen LogP contribution in [0.15, 0.2) is 24.3 Å². The van der Waals surface area contributed by atoms with Crippen molar-refractivity contribution in [2.24, 2.45) is 5.92 Å². The Kier molecular flexibility index (Phi) is 5.74. The molecule has 1 amide bonds. The van der Waals surface area contributed by atoms with Crippen molar-refractivity contribution in [2.75, 3.05) is 21.3 Å². The molecule has 0 N–H and O–H groups in total. The Balaban J connectivity index is 2.30. The molecule has 1 fully saturated rings. The topological polar surface area (TPSA) is 99.2 Å². The van der Waals surface area contributed by atoms with E-state index in [2.05, 4.69) is 9.47 Å². The Hall–Kier alpha value is -2.90. The van der Waals surface area contributed by atoms with Crippen molar-refractivity contribution in [3.05, 3.63) is 29.8 Å². The first-order valence-electron chi connectivity index (χ1n) is 7.55. The lowest BCUT2D eigenvalue weighted by Gasteiger charge is -2.25. The van der Waals surface area contributed by atoms with Gasteiger partial charge in [-0.15, -0.1) is 0 Å². The molecule has 2 rings (SSSR count). The Morgan fingerprint density at radius 1 is 1.04 bits per heavy atom. The summed E-state index contributed by atoms with van der Waals surface area (Å²) < 4.78 is 14.3. The minimum atomic E-state index is -1.34. The number of amides is 1. The number of methoxy groups -OCH3 is 3. The van der Waals surface area contributed by atoms with E-state index in [-0.39, 0.29) is 13.0 Å². The lowest BCUT2D eigenvalue weighted by molar-refractivity contribution is -0.151. The molecule has 25 heavy (non-hydrogen) atoms. The van der Waals surface area contributed by atoms with Gasteiger partial charge in [0.05, 0.1) is 33.8 Å². The Labute approximate surface area is 144 Å². The molecule has 1 aromatic carbocycles. The van der Waals surface area contributed by atoms with E-state index >= 15 is 0 Å². The number of carbonyl (C=O) groups excluding carboxylic acids is 4. The van der Waals surface area contributed by atoms with Gasteiger partial charge in [0.25, 0.3) is 5.91 Å². The molecular formula is C17H19NO7. The molecule has 0 aliphatic carbocycles. The van der Waals surface area contributed by atoms with Crippen LogP contribution >= 0.6 is 0 Å². The number of nitrogens with zero attached hydrogens (tertiary/aromatic N) is 1. The number of hydrogen-bond acceptors (Lipinski definition) is 7. The number of ether oxygens (including phenoxy) is 3. The third kappa shape index (κ3) is 3.78. The standard InChI is InChI=1S/C17H19NO7/c1-23-11-6-4-10(5-7-11)9-18-12(8-13(19)24-2)14(17(22)25-3)15(20)16(18)21/h4-7,12,14H,8-9H2,1-3H3. The molecule has 2 atom stereocenters. The maximum Gasteiger partial charge on any atom is 0.318 e. The van der Waals surface area contributed by atoms with Gasteiger partial charge in [-0.3, -0.25) is 19.2 Å². The molecular weight excluding hydrogens is 330 g/mol. The van der Waals surface area contributed by atoms with E-state index in [0.717, 1.165) is 12.7 Å². The number of esters is 2. The third-order valence-electron chi connectivity index (χ3n) is 4.11. The second-order valence-electron chi connectivity index (χ2n) is 5.49. The zero-order valence-electron chi connectivity index (χ0n) is 14.2. The molecule has 8 heteroatoms. The van der Waals surface area contributed by atoms with Crippen LogP contribution in [0.1, 0.15) is 12.0 Å². The predicted molar refractivity (Wildman–Crippen MR) is 84.5 cm³/mol. The molecule has 0 spiro atoms. The van der Waals surface area contributed by atoms with Gasteiger partial charge in [-0.25, -0.2) is 0 Å². The summed E-state index contributed by atoms with van der Waals surface area (Å²) in [5.74, 6) is -3.86. The van der Waals surface area contributed by atoms with Crippen molar-refractivity contribution in [2.45, 2.75) is 19.0 Å². The lowest BCUT2D eigenvalue weighted by Crippen LogP contribution is -2.39. The molecule has 134 valence electrons. The fourth-order valence-corrected chi connectivity index (χ4v) is 2.77. The number of hydrogen-bond donors (Lipinski definition) is 0. The van der Waals surface area contributed by atoms with Crippen molar-refractivity contribution in [1.82, 2.24) is 4.90 Å². The fourth-order valence-electron chi connectivity index (χ4n) is 2.77. The predicted octanol–water partition coefficient (Wildman–Crippen LogP) is 0.327. The number of rotatable bonds is 6. The van der Waals surface area contributed by atoms with E-state index in [1.807, 2.05) is 0 Å². The maximum absolute atomic E-state index is 12.3. The van der Waals surface area contributed by atoms with E-state index in [1.165, 1.54) is 19.1 Å². The zero-order valence-corrected chi connectivity index (χ0v) is 14.2. The molecule has 1 heterocycles. The highest BCUT2D eigenvalue weighted by atomic mass is 16.5. The molecule has 2 unspecified atom stereocenters. The SMILES string of the molecule is COC(=O)CC1C(C(=O)OC)C(=O)C(=O)N1Cc1ccc(OC)cc1. The van der Waals surface area contributed by atoms with E-state index in [9.17, 15) is 19.2 Å². The molecule has 1 aromatic rings. The molecule has 8 nitrogen and oxygen atoms in total. The summed E-state index contributed by atoms with van der Waals surface area (Å²) in [6, 6.07) is 5.95. The number of carbonyl (C=O) groups is 4. The molecule has 1 aliphatic heterocycles. The highest BCUT2D eigenvalue weighted by Crippen LogP contribution is 2.29. The summed E-state index contributed by atoms with van der Waals surface area (Å²) in [6.45, 7) is 0.0731. The zero-order chi connectivity index (χ0) is 18.6. The van der Waals surface area contributed by atoms with Crippen LogP contribution < -0.4 is 4.74 Å². The minimum absolute atomic E-state index is 0.0731. The van der Waals surface area contributed by atoms with Gasteiger partial charge < -0.3 is 19.1 Å². The Morgan fingerprint density at radius 3 is 2.20 bits per heavy atom. The van der Waals surface area contributed by atoms with Crippen LogP contribution in [-0.2, 0) is 35.2 Å². The van der Waals surface area contributed by atoms with Gasteiger partial charge >= 0.3 is 11.9 Å². The summed E-state index contributed by atoms with van der Waals surface area (Å²) >= 11 is 0. The van der Waals surface area contributed by atoms with Crippen molar-refractivity contribution < 1.29 is 33.4 Å². The maximum atomic E-state index is 12.3. The van der Waals surface area contributed by atoms with Crippen molar-refractivity contribution in [3.63, 3.8) is 0 Å². The van der Waals surface area contributed by atoms with Crippen molar-refractivity contribution in [3.8, 4) is 5.75 Å². The van der Waals surface area contributed by atoms with Crippen LogP contribution in [0.5, 0.6) is 5.75 Å². The summed E-state index contributed by atoms with van der Waals surface area (Å²) in [5, 5.41) is 0. The molecule has 1 saturated heterocycles. The lowest BCUT2D eigenvalue weighted by atomic mass is 9.96. The molecule has 1 aliphatic rings. The first-order valence-corrected chi connectivity index (χ1v) is 7.55. The average Bonchev–Trinajstić information content (AvgIpc) is 2.86. The molecule has 0 radical (unpaired) electrons. The Morgan fingerprint density at radius 2 is 1.68 bits per heavy atom. The van der Waals surface area contributed by atoms with Crippen LogP contribution in [0.2, 0.25) is 0 Å². The summed E-state index contributed by atoms with van der Waals surface area (Å²) in [7, 11) is 3.86. The highest BCUT2D eigenvalue weighted by molar-refractivity contribution is 6.42. The summed E-state index contributed by atoms with van der Waals surface area (Å²) in [6.07, 6.45) is -0.274. The van der Waals surface area contributed by atoms with E-state index in [4.69, 9.17) is 4.74 Å². The van der Waals surface area contributed by atoms with Gasteiger partial charge in [-0.2, -0.15) is 0 Å². The normalized spacial score (nSPS) is 19.7. The van der Waals surface area contributed by atoms with Crippen LogP contribution in [0, 0.1) is 5.92 Å². The molecule has 0 saturated carbocycles. The van der Waals surface area contributed by atoms with Gasteiger partial charge in [0.15, 0.2) is 0 Å². The smallest absolute Gasteiger partial charge is 0.318 e. The van der Waals surface area contributed by atoms with E-state index in [0.29, 0.717) is 5.75 Å². The highest BCUT2D eigenvalue weighted by Gasteiger charge is 2.52. The fraction of sp³-hybridized carbons (Fsp3) is 0.412. The van der Waals surface area contributed by atoms with Gasteiger partial charge in [-0.05, 0) is 17.7 Å². The minimum Gasteiger partial charge on any atom is -0.497 e. The van der Waals surface area contributed by atoms with Gasteiger partial charge in [-0.1, -0.05) is 12.1 Å². The summed E-state index contributed by atoms with van der Waals surface area (Å²) in [4.78, 5) is 49.4. The van der Waals surface area contributed by atoms with Crippen LogP contribution in [0.25, 0.3) is 0 Å². The van der Waals surface area contributed by atoms with Crippen molar-refractivity contribution in [1.29, 1.82) is 0 Å². The Bertz CT molecular complexity index is 683. The monoisotopic (exact) mass is 349 g/mol. The first kappa shape index (κ1) is 18.4. The van der Waals surface area contributed by atoms with Gasteiger partial charge in [0.1, 0.15) is 11.7 Å². The van der Waals surface area contributed by atoms with Crippen LogP contribution in [0.3, 0.4) is 0 Å². The van der Waals surface area contributed by atoms with E-state index in [1.54, 1.807) is 24.3 Å². The van der Waals surface area contributed by atoms with Crippen LogP contribution in [0.4, 0.5) is 0 Å².